The van der Waals surface area contributed by atoms with E-state index < -0.39 is 20.0 Å². The predicted molar refractivity (Wildman–Crippen MR) is 289 cm³/mol. The van der Waals surface area contributed by atoms with Gasteiger partial charge < -0.3 is 28.5 Å². The summed E-state index contributed by atoms with van der Waals surface area (Å²) < 4.78 is 30.2. The first-order valence-electron chi connectivity index (χ1n) is 29.1. The van der Waals surface area contributed by atoms with Crippen LogP contribution < -0.4 is 10.2 Å². The van der Waals surface area contributed by atoms with Crippen LogP contribution in [-0.4, -0.2) is 69.4 Å². The van der Waals surface area contributed by atoms with E-state index >= 15 is 0 Å². The largest absolute Gasteiger partial charge is 0.756 e. The average molecular weight is 982 g/mol. The van der Waals surface area contributed by atoms with Crippen LogP contribution in [0.15, 0.2) is 24.3 Å². The predicted octanol–water partition coefficient (Wildman–Crippen LogP) is 16.8. The number of esters is 1. The highest BCUT2D eigenvalue weighted by atomic mass is 31.2. The Hall–Kier alpha value is -1.51. The fourth-order valence-electron chi connectivity index (χ4n) is 8.58. The quantitative estimate of drug-likeness (QED) is 0.0212. The molecule has 0 aromatic heterocycles. The van der Waals surface area contributed by atoms with Crippen LogP contribution in [-0.2, 0) is 27.9 Å². The zero-order valence-corrected chi connectivity index (χ0v) is 46.7. The molecule has 0 aliphatic carbocycles. The van der Waals surface area contributed by atoms with E-state index in [0.717, 1.165) is 70.6 Å². The van der Waals surface area contributed by atoms with Gasteiger partial charge in [0.15, 0.2) is 0 Å². The highest BCUT2D eigenvalue weighted by Crippen LogP contribution is 2.38. The van der Waals surface area contributed by atoms with Gasteiger partial charge in [-0.2, -0.15) is 0 Å². The Balaban J connectivity index is 5.36. The zero-order valence-electron chi connectivity index (χ0n) is 45.8. The monoisotopic (exact) mass is 981 g/mol. The van der Waals surface area contributed by atoms with Crippen molar-refractivity contribution in [3.8, 4) is 0 Å². The molecule has 0 aliphatic rings. The van der Waals surface area contributed by atoms with Gasteiger partial charge in [-0.1, -0.05) is 238 Å². The highest BCUT2D eigenvalue weighted by molar-refractivity contribution is 7.45. The number of phosphoric ester groups is 1. The van der Waals surface area contributed by atoms with Gasteiger partial charge in [-0.3, -0.25) is 14.2 Å². The van der Waals surface area contributed by atoms with E-state index in [1.54, 1.807) is 0 Å². The van der Waals surface area contributed by atoms with Crippen molar-refractivity contribution in [3.05, 3.63) is 24.3 Å². The maximum Gasteiger partial charge on any atom is 0.306 e. The van der Waals surface area contributed by atoms with Crippen molar-refractivity contribution >= 4 is 19.7 Å². The van der Waals surface area contributed by atoms with E-state index in [2.05, 4.69) is 38.2 Å². The standard InChI is InChI=1S/C58H113N2O7P/c1-7-10-13-16-19-22-25-28-30-33-36-39-42-45-48-51-58(62)67-56(49-46-43-40-37-34-31-27-24-21-18-15-12-9-3)55(54-66-68(63,64)65-53-52-60(4,5)6)59-57(61)50-47-44-41-38-35-32-29-26-23-20-17-14-11-8-2/h32,35,46,49,55-56H,7-31,33-34,36-45,47-48,50-54H2,1-6H3,(H-,59,61,63,64)/b35-32-,49-46+. The minimum Gasteiger partial charge on any atom is -0.756 e. The molecule has 3 atom stereocenters. The summed E-state index contributed by atoms with van der Waals surface area (Å²) in [5.74, 6) is -0.546. The number of phosphoric acid groups is 1. The van der Waals surface area contributed by atoms with E-state index in [1.165, 1.54) is 180 Å². The molecule has 0 rings (SSSR count). The lowest BCUT2D eigenvalue weighted by Gasteiger charge is -2.30. The number of allylic oxidation sites excluding steroid dienone is 3. The number of hydrogen-bond donors (Lipinski definition) is 1. The van der Waals surface area contributed by atoms with Gasteiger partial charge in [0.1, 0.15) is 19.3 Å². The van der Waals surface area contributed by atoms with Crippen LogP contribution in [0.25, 0.3) is 0 Å². The minimum atomic E-state index is -4.69. The van der Waals surface area contributed by atoms with Crippen molar-refractivity contribution in [2.75, 3.05) is 40.9 Å². The Bertz CT molecular complexity index is 1220. The van der Waals surface area contributed by atoms with E-state index in [9.17, 15) is 19.0 Å². The summed E-state index contributed by atoms with van der Waals surface area (Å²) in [5.41, 5.74) is 0. The molecule has 9 nitrogen and oxygen atoms in total. The molecule has 0 heterocycles. The van der Waals surface area contributed by atoms with E-state index in [-0.39, 0.29) is 31.5 Å². The molecule has 0 radical (unpaired) electrons. The van der Waals surface area contributed by atoms with Crippen molar-refractivity contribution in [2.24, 2.45) is 0 Å². The highest BCUT2D eigenvalue weighted by Gasteiger charge is 2.27. The zero-order chi connectivity index (χ0) is 50.1. The summed E-state index contributed by atoms with van der Waals surface area (Å²) in [4.78, 5) is 39.8. The summed E-state index contributed by atoms with van der Waals surface area (Å²) in [6.45, 7) is 6.85. The van der Waals surface area contributed by atoms with Gasteiger partial charge in [0.25, 0.3) is 7.82 Å². The van der Waals surface area contributed by atoms with E-state index in [4.69, 9.17) is 13.8 Å². The maximum absolute atomic E-state index is 13.5. The Morgan fingerprint density at radius 2 is 0.853 bits per heavy atom. The molecule has 0 aromatic rings. The number of carbonyl (C=O) groups is 2. The van der Waals surface area contributed by atoms with Crippen LogP contribution in [0.1, 0.15) is 284 Å². The van der Waals surface area contributed by atoms with Gasteiger partial charge in [-0.15, -0.1) is 0 Å². The molecular formula is C58H113N2O7P. The second-order valence-electron chi connectivity index (χ2n) is 21.2. The molecule has 402 valence electrons. The van der Waals surface area contributed by atoms with Gasteiger partial charge in [0.2, 0.25) is 5.91 Å². The molecule has 0 aliphatic heterocycles. The Kier molecular flexibility index (Phi) is 48.0. The lowest BCUT2D eigenvalue weighted by molar-refractivity contribution is -0.870. The van der Waals surface area contributed by atoms with Crippen LogP contribution in [0.5, 0.6) is 0 Å². The number of nitrogens with zero attached hydrogens (tertiary/aromatic N) is 1. The molecule has 10 heteroatoms. The average Bonchev–Trinajstić information content (AvgIpc) is 3.29. The number of rotatable bonds is 53. The lowest BCUT2D eigenvalue weighted by Crippen LogP contribution is -2.47. The van der Waals surface area contributed by atoms with Gasteiger partial charge in [0.05, 0.1) is 33.8 Å². The molecule has 1 N–H and O–H groups in total. The van der Waals surface area contributed by atoms with Gasteiger partial charge in [-0.25, -0.2) is 0 Å². The fourth-order valence-corrected chi connectivity index (χ4v) is 9.30. The third-order valence-electron chi connectivity index (χ3n) is 13.1. The van der Waals surface area contributed by atoms with E-state index in [0.29, 0.717) is 17.4 Å². The molecule has 0 fully saturated rings. The minimum absolute atomic E-state index is 0.0217. The number of amides is 1. The van der Waals surface area contributed by atoms with Gasteiger partial charge in [0, 0.05) is 12.8 Å². The first-order chi connectivity index (χ1) is 32.9. The molecule has 3 unspecified atom stereocenters. The fraction of sp³-hybridized carbons (Fsp3) is 0.897. The molecule has 0 spiro atoms. The molecule has 0 bridgehead atoms. The molecule has 1 amide bonds. The SMILES string of the molecule is CCCCCCCCC/C=C\CCCCCC(=O)NC(COP(=O)([O-])OCC[N+](C)(C)C)C(/C=C/CCCCCCCCCCCCC)OC(=O)CCCCCCCCCCCCCCCCC. The number of carbonyl (C=O) groups excluding carboxylic acids is 2. The lowest BCUT2D eigenvalue weighted by atomic mass is 10.0. The summed E-state index contributed by atoms with van der Waals surface area (Å²) in [6, 6.07) is -0.889. The number of quaternary nitrogens is 1. The van der Waals surface area contributed by atoms with Crippen LogP contribution in [0.4, 0.5) is 0 Å². The summed E-state index contributed by atoms with van der Waals surface area (Å²) in [6.07, 6.45) is 55.6. The van der Waals surface area contributed by atoms with Crippen molar-refractivity contribution in [1.29, 1.82) is 0 Å². The van der Waals surface area contributed by atoms with Crippen molar-refractivity contribution < 1.29 is 37.3 Å². The van der Waals surface area contributed by atoms with Crippen LogP contribution >= 0.6 is 7.82 Å². The van der Waals surface area contributed by atoms with Gasteiger partial charge in [-0.05, 0) is 57.4 Å². The summed E-state index contributed by atoms with van der Waals surface area (Å²) in [7, 11) is 1.19. The molecular weight excluding hydrogens is 868 g/mol. The Labute approximate surface area is 422 Å². The molecule has 0 saturated carbocycles. The first kappa shape index (κ1) is 66.5. The molecule has 0 saturated heterocycles. The second kappa shape index (κ2) is 49.1. The number of likely N-dealkylation sites (N-methyl/N-ethyl adjacent to an activating group) is 1. The Morgan fingerprint density at radius 3 is 1.26 bits per heavy atom. The normalized spacial score (nSPS) is 13.9. The second-order valence-corrected chi connectivity index (χ2v) is 22.6. The topological polar surface area (TPSA) is 114 Å². The van der Waals surface area contributed by atoms with Gasteiger partial charge >= 0.3 is 5.97 Å². The molecule has 0 aromatic carbocycles. The molecule has 68 heavy (non-hydrogen) atoms. The third-order valence-corrected chi connectivity index (χ3v) is 14.1. The number of ether oxygens (including phenoxy) is 1. The van der Waals surface area contributed by atoms with Crippen molar-refractivity contribution in [3.63, 3.8) is 0 Å². The van der Waals surface area contributed by atoms with Crippen molar-refractivity contribution in [2.45, 2.75) is 296 Å². The number of nitrogens with one attached hydrogen (secondary N) is 1. The number of unbranched alkanes of at least 4 members (excludes halogenated alkanes) is 35. The van der Waals surface area contributed by atoms with Crippen LogP contribution in [0.2, 0.25) is 0 Å². The van der Waals surface area contributed by atoms with Crippen molar-refractivity contribution in [1.82, 2.24) is 5.32 Å². The third kappa shape index (κ3) is 49.5. The van der Waals surface area contributed by atoms with Crippen LogP contribution in [0.3, 0.4) is 0 Å². The van der Waals surface area contributed by atoms with Crippen LogP contribution in [0, 0.1) is 0 Å². The van der Waals surface area contributed by atoms with E-state index in [1.807, 2.05) is 33.3 Å². The number of hydrogen-bond acceptors (Lipinski definition) is 7. The first-order valence-corrected chi connectivity index (χ1v) is 30.6. The maximum atomic E-state index is 13.5. The summed E-state index contributed by atoms with van der Waals surface area (Å²) >= 11 is 0. The Morgan fingerprint density at radius 1 is 0.500 bits per heavy atom. The summed E-state index contributed by atoms with van der Waals surface area (Å²) in [5, 5.41) is 3.02. The smallest absolute Gasteiger partial charge is 0.306 e.